The number of nitro groups is 1. The second-order valence-electron chi connectivity index (χ2n) is 4.45. The van der Waals surface area contributed by atoms with E-state index < -0.39 is 4.92 Å². The molecule has 0 atom stereocenters. The van der Waals surface area contributed by atoms with E-state index in [0.717, 1.165) is 31.2 Å². The molecule has 1 fully saturated rings. The maximum absolute atomic E-state index is 10.6. The average Bonchev–Trinajstić information content (AvgIpc) is 2.30. The number of rotatable bonds is 2. The van der Waals surface area contributed by atoms with Gasteiger partial charge in [0.15, 0.2) is 0 Å². The standard InChI is InChI=1S/C12H14BrNO3/c13-9-3-1-8(2-4-9)11-6-5-10(14(16)17)7-12(11)15/h5-9,15H,1-4H2. The molecule has 4 nitrogen and oxygen atoms in total. The van der Waals surface area contributed by atoms with E-state index in [9.17, 15) is 15.2 Å². The van der Waals surface area contributed by atoms with Crippen LogP contribution in [0.2, 0.25) is 0 Å². The number of nitro benzene ring substituents is 1. The van der Waals surface area contributed by atoms with Gasteiger partial charge in [-0.05, 0) is 43.2 Å². The molecule has 1 aromatic carbocycles. The van der Waals surface area contributed by atoms with Crippen LogP contribution >= 0.6 is 15.9 Å². The van der Waals surface area contributed by atoms with E-state index in [2.05, 4.69) is 15.9 Å². The third-order valence-corrected chi connectivity index (χ3v) is 4.24. The van der Waals surface area contributed by atoms with Crippen molar-refractivity contribution in [3.63, 3.8) is 0 Å². The molecule has 1 aliphatic rings. The summed E-state index contributed by atoms with van der Waals surface area (Å²) in [6.07, 6.45) is 4.20. The highest BCUT2D eigenvalue weighted by Gasteiger charge is 2.23. The van der Waals surface area contributed by atoms with Gasteiger partial charge in [-0.3, -0.25) is 10.1 Å². The number of alkyl halides is 1. The van der Waals surface area contributed by atoms with Crippen LogP contribution in [0.15, 0.2) is 18.2 Å². The monoisotopic (exact) mass is 299 g/mol. The zero-order valence-electron chi connectivity index (χ0n) is 9.30. The highest BCUT2D eigenvalue weighted by molar-refractivity contribution is 9.09. The smallest absolute Gasteiger partial charge is 0.273 e. The molecule has 1 aliphatic carbocycles. The van der Waals surface area contributed by atoms with Crippen LogP contribution in [0, 0.1) is 10.1 Å². The Labute approximate surface area is 108 Å². The molecule has 0 unspecified atom stereocenters. The van der Waals surface area contributed by atoms with Gasteiger partial charge in [0.2, 0.25) is 0 Å². The lowest BCUT2D eigenvalue weighted by Crippen LogP contribution is -2.12. The summed E-state index contributed by atoms with van der Waals surface area (Å²) >= 11 is 3.59. The van der Waals surface area contributed by atoms with Crippen LogP contribution in [0.5, 0.6) is 5.75 Å². The average molecular weight is 300 g/mol. The van der Waals surface area contributed by atoms with Gasteiger partial charge in [-0.15, -0.1) is 0 Å². The van der Waals surface area contributed by atoms with Crippen LogP contribution in [0.1, 0.15) is 37.2 Å². The van der Waals surface area contributed by atoms with Gasteiger partial charge in [0.1, 0.15) is 5.75 Å². The lowest BCUT2D eigenvalue weighted by molar-refractivity contribution is -0.384. The lowest BCUT2D eigenvalue weighted by Gasteiger charge is -2.25. The molecule has 0 radical (unpaired) electrons. The number of aromatic hydroxyl groups is 1. The first-order valence-corrected chi connectivity index (χ1v) is 6.61. The van der Waals surface area contributed by atoms with Crippen molar-refractivity contribution in [2.75, 3.05) is 0 Å². The summed E-state index contributed by atoms with van der Waals surface area (Å²) in [5, 5.41) is 20.4. The molecular formula is C12H14BrNO3. The van der Waals surface area contributed by atoms with Crippen LogP contribution in [0.25, 0.3) is 0 Å². The summed E-state index contributed by atoms with van der Waals surface area (Å²) < 4.78 is 0. The van der Waals surface area contributed by atoms with Crippen molar-refractivity contribution >= 4 is 21.6 Å². The lowest BCUT2D eigenvalue weighted by atomic mass is 9.83. The molecule has 0 saturated heterocycles. The fourth-order valence-corrected chi connectivity index (χ4v) is 2.88. The number of nitrogens with zero attached hydrogens (tertiary/aromatic N) is 1. The minimum atomic E-state index is -0.487. The Morgan fingerprint density at radius 1 is 1.29 bits per heavy atom. The summed E-state index contributed by atoms with van der Waals surface area (Å²) in [6, 6.07) is 4.40. The summed E-state index contributed by atoms with van der Waals surface area (Å²) in [5.74, 6) is 0.377. The zero-order chi connectivity index (χ0) is 12.4. The zero-order valence-corrected chi connectivity index (χ0v) is 10.9. The SMILES string of the molecule is O=[N+]([O-])c1ccc(C2CCC(Br)CC2)c(O)c1. The van der Waals surface area contributed by atoms with Crippen LogP contribution in [-0.4, -0.2) is 14.9 Å². The van der Waals surface area contributed by atoms with Crippen molar-refractivity contribution in [1.82, 2.24) is 0 Å². The van der Waals surface area contributed by atoms with Gasteiger partial charge >= 0.3 is 0 Å². The molecule has 0 heterocycles. The Morgan fingerprint density at radius 3 is 2.47 bits per heavy atom. The number of benzene rings is 1. The third kappa shape index (κ3) is 2.77. The van der Waals surface area contributed by atoms with E-state index in [1.165, 1.54) is 12.1 Å². The molecule has 17 heavy (non-hydrogen) atoms. The topological polar surface area (TPSA) is 63.4 Å². The molecule has 0 aliphatic heterocycles. The second kappa shape index (κ2) is 5.04. The predicted octanol–water partition coefficient (Wildman–Crippen LogP) is 3.72. The van der Waals surface area contributed by atoms with E-state index >= 15 is 0 Å². The fraction of sp³-hybridized carbons (Fsp3) is 0.500. The molecule has 0 aromatic heterocycles. The van der Waals surface area contributed by atoms with Crippen molar-refractivity contribution in [3.05, 3.63) is 33.9 Å². The summed E-state index contributed by atoms with van der Waals surface area (Å²) in [5.41, 5.74) is 0.787. The molecule has 0 amide bonds. The van der Waals surface area contributed by atoms with E-state index in [-0.39, 0.29) is 11.4 Å². The molecule has 92 valence electrons. The molecule has 1 N–H and O–H groups in total. The first-order valence-electron chi connectivity index (χ1n) is 5.69. The normalized spacial score (nSPS) is 24.5. The van der Waals surface area contributed by atoms with Crippen LogP contribution in [0.3, 0.4) is 0 Å². The molecule has 5 heteroatoms. The maximum atomic E-state index is 10.6. The number of non-ortho nitro benzene ring substituents is 1. The second-order valence-corrected chi connectivity index (χ2v) is 5.74. The number of hydrogen-bond donors (Lipinski definition) is 1. The minimum Gasteiger partial charge on any atom is -0.507 e. The minimum absolute atomic E-state index is 0.0530. The molecule has 2 rings (SSSR count). The Balaban J connectivity index is 2.19. The quantitative estimate of drug-likeness (QED) is 0.514. The molecule has 1 aromatic rings. The predicted molar refractivity (Wildman–Crippen MR) is 68.7 cm³/mol. The van der Waals surface area contributed by atoms with Crippen molar-refractivity contribution in [2.24, 2.45) is 0 Å². The maximum Gasteiger partial charge on any atom is 0.273 e. The molecular weight excluding hydrogens is 286 g/mol. The number of halogens is 1. The summed E-state index contributed by atoms with van der Waals surface area (Å²) in [6.45, 7) is 0. The summed E-state index contributed by atoms with van der Waals surface area (Å²) in [4.78, 5) is 10.7. The van der Waals surface area contributed by atoms with Gasteiger partial charge < -0.3 is 5.11 Å². The largest absolute Gasteiger partial charge is 0.507 e. The molecule has 1 saturated carbocycles. The Hall–Kier alpha value is -1.10. The number of hydrogen-bond acceptors (Lipinski definition) is 3. The third-order valence-electron chi connectivity index (χ3n) is 3.32. The Morgan fingerprint density at radius 2 is 1.94 bits per heavy atom. The number of phenolic OH excluding ortho intramolecular Hbond substituents is 1. The fourth-order valence-electron chi connectivity index (χ4n) is 2.35. The van der Waals surface area contributed by atoms with Crippen LogP contribution < -0.4 is 0 Å². The summed E-state index contributed by atoms with van der Waals surface area (Å²) in [7, 11) is 0. The number of phenols is 1. The van der Waals surface area contributed by atoms with Gasteiger partial charge in [-0.2, -0.15) is 0 Å². The first-order chi connectivity index (χ1) is 8.08. The van der Waals surface area contributed by atoms with E-state index in [4.69, 9.17) is 0 Å². The van der Waals surface area contributed by atoms with Crippen molar-refractivity contribution in [2.45, 2.75) is 36.4 Å². The van der Waals surface area contributed by atoms with Gasteiger partial charge in [0, 0.05) is 10.9 Å². The molecule has 0 bridgehead atoms. The molecule has 0 spiro atoms. The first kappa shape index (κ1) is 12.4. The van der Waals surface area contributed by atoms with Crippen molar-refractivity contribution < 1.29 is 10.0 Å². The van der Waals surface area contributed by atoms with Gasteiger partial charge in [0.05, 0.1) is 11.0 Å². The van der Waals surface area contributed by atoms with E-state index in [1.807, 2.05) is 0 Å². The van der Waals surface area contributed by atoms with E-state index in [1.54, 1.807) is 6.07 Å². The van der Waals surface area contributed by atoms with Crippen molar-refractivity contribution in [3.8, 4) is 5.75 Å². The van der Waals surface area contributed by atoms with Crippen LogP contribution in [0.4, 0.5) is 5.69 Å². The Bertz CT molecular complexity index is 428. The Kier molecular flexibility index (Phi) is 3.66. The highest BCUT2D eigenvalue weighted by Crippen LogP contribution is 2.39. The van der Waals surface area contributed by atoms with Crippen molar-refractivity contribution in [1.29, 1.82) is 0 Å². The van der Waals surface area contributed by atoms with Crippen LogP contribution in [-0.2, 0) is 0 Å². The van der Waals surface area contributed by atoms with E-state index in [0.29, 0.717) is 10.7 Å². The van der Waals surface area contributed by atoms with Gasteiger partial charge in [-0.1, -0.05) is 15.9 Å². The van der Waals surface area contributed by atoms with Gasteiger partial charge in [-0.25, -0.2) is 0 Å². The van der Waals surface area contributed by atoms with Gasteiger partial charge in [0.25, 0.3) is 5.69 Å². The highest BCUT2D eigenvalue weighted by atomic mass is 79.9.